The predicted octanol–water partition coefficient (Wildman–Crippen LogP) is 3.47. The first-order valence-corrected chi connectivity index (χ1v) is 8.23. The van der Waals surface area contributed by atoms with Crippen LogP contribution in [-0.4, -0.2) is 24.1 Å². The minimum atomic E-state index is -0.350. The second-order valence-electron chi connectivity index (χ2n) is 4.83. The summed E-state index contributed by atoms with van der Waals surface area (Å²) in [6, 6.07) is 4.77. The van der Waals surface area contributed by atoms with E-state index in [0.717, 1.165) is 16.6 Å². The summed E-state index contributed by atoms with van der Waals surface area (Å²) in [6.07, 6.45) is 2.41. The third-order valence-electron chi connectivity index (χ3n) is 3.30. The Bertz CT molecular complexity index is 603. The Labute approximate surface area is 126 Å². The Hall–Kier alpha value is -1.40. The van der Waals surface area contributed by atoms with Gasteiger partial charge in [-0.2, -0.15) is 0 Å². The fourth-order valence-corrected chi connectivity index (χ4v) is 3.77. The molecule has 1 fully saturated rings. The van der Waals surface area contributed by atoms with Crippen molar-refractivity contribution < 1.29 is 9.53 Å². The molecule has 2 aromatic heterocycles. The van der Waals surface area contributed by atoms with Crippen LogP contribution in [0.4, 0.5) is 5.13 Å². The monoisotopic (exact) mass is 308 g/mol. The Morgan fingerprint density at radius 2 is 2.35 bits per heavy atom. The molecule has 2 aromatic rings. The standard InChI is InChI=1S/C14H16N2O2S2/c1-9-12(13(17)18-2)15-14(20-9)16(10-5-6-10)8-11-4-3-7-19-11/h3-4,7,10H,5-6,8H2,1-2H3. The summed E-state index contributed by atoms with van der Waals surface area (Å²) in [6.45, 7) is 2.79. The number of thiazole rings is 1. The maximum atomic E-state index is 11.7. The van der Waals surface area contributed by atoms with Gasteiger partial charge in [0.15, 0.2) is 10.8 Å². The first kappa shape index (κ1) is 13.6. The maximum Gasteiger partial charge on any atom is 0.357 e. The summed E-state index contributed by atoms with van der Waals surface area (Å²) < 4.78 is 4.78. The normalized spacial score (nSPS) is 14.3. The molecule has 0 unspecified atom stereocenters. The summed E-state index contributed by atoms with van der Waals surface area (Å²) >= 11 is 3.33. The van der Waals surface area contributed by atoms with Gasteiger partial charge in [0, 0.05) is 15.8 Å². The minimum absolute atomic E-state index is 0.350. The van der Waals surface area contributed by atoms with Crippen LogP contribution in [0.5, 0.6) is 0 Å². The number of aryl methyl sites for hydroxylation is 1. The molecule has 0 radical (unpaired) electrons. The average Bonchev–Trinajstić information content (AvgIpc) is 3.01. The lowest BCUT2D eigenvalue weighted by atomic mass is 10.4. The van der Waals surface area contributed by atoms with Crippen molar-refractivity contribution in [3.05, 3.63) is 33.0 Å². The van der Waals surface area contributed by atoms with Gasteiger partial charge in [0.2, 0.25) is 0 Å². The molecule has 2 heterocycles. The van der Waals surface area contributed by atoms with E-state index in [9.17, 15) is 4.79 Å². The molecule has 1 aliphatic carbocycles. The van der Waals surface area contributed by atoms with E-state index in [4.69, 9.17) is 4.74 Å². The minimum Gasteiger partial charge on any atom is -0.464 e. The molecule has 6 heteroatoms. The SMILES string of the molecule is COC(=O)c1nc(N(Cc2cccs2)C2CC2)sc1C. The van der Waals surface area contributed by atoms with E-state index in [-0.39, 0.29) is 5.97 Å². The fourth-order valence-electron chi connectivity index (χ4n) is 2.10. The Kier molecular flexibility index (Phi) is 3.76. The highest BCUT2D eigenvalue weighted by atomic mass is 32.1. The number of nitrogens with zero attached hydrogens (tertiary/aromatic N) is 2. The van der Waals surface area contributed by atoms with Crippen LogP contribution in [-0.2, 0) is 11.3 Å². The average molecular weight is 308 g/mol. The first-order valence-electron chi connectivity index (χ1n) is 6.54. The van der Waals surface area contributed by atoms with Crippen molar-refractivity contribution in [2.24, 2.45) is 0 Å². The zero-order valence-corrected chi connectivity index (χ0v) is 13.1. The Balaban J connectivity index is 1.86. The van der Waals surface area contributed by atoms with Crippen molar-refractivity contribution in [3.8, 4) is 0 Å². The van der Waals surface area contributed by atoms with Crippen molar-refractivity contribution in [2.45, 2.75) is 32.4 Å². The van der Waals surface area contributed by atoms with Gasteiger partial charge >= 0.3 is 5.97 Å². The number of aromatic nitrogens is 1. The highest BCUT2D eigenvalue weighted by Gasteiger charge is 2.32. The van der Waals surface area contributed by atoms with E-state index < -0.39 is 0 Å². The quantitative estimate of drug-likeness (QED) is 0.793. The number of ether oxygens (including phenoxy) is 1. The van der Waals surface area contributed by atoms with Crippen molar-refractivity contribution in [1.29, 1.82) is 0 Å². The maximum absolute atomic E-state index is 11.7. The summed E-state index contributed by atoms with van der Waals surface area (Å²) in [5, 5.41) is 3.02. The topological polar surface area (TPSA) is 42.4 Å². The number of methoxy groups -OCH3 is 1. The third kappa shape index (κ3) is 2.71. The molecule has 0 amide bonds. The van der Waals surface area contributed by atoms with E-state index in [0.29, 0.717) is 11.7 Å². The molecule has 0 aliphatic heterocycles. The van der Waals surface area contributed by atoms with Gasteiger partial charge in [-0.05, 0) is 31.2 Å². The molecule has 0 aromatic carbocycles. The third-order valence-corrected chi connectivity index (χ3v) is 5.17. The molecule has 3 rings (SSSR count). The van der Waals surface area contributed by atoms with E-state index in [2.05, 4.69) is 27.4 Å². The van der Waals surface area contributed by atoms with Crippen LogP contribution in [0, 0.1) is 6.92 Å². The van der Waals surface area contributed by atoms with Gasteiger partial charge in [-0.1, -0.05) is 6.07 Å². The number of rotatable bonds is 5. The van der Waals surface area contributed by atoms with Gasteiger partial charge in [-0.3, -0.25) is 0 Å². The number of esters is 1. The fraction of sp³-hybridized carbons (Fsp3) is 0.429. The largest absolute Gasteiger partial charge is 0.464 e. The van der Waals surface area contributed by atoms with Crippen molar-refractivity contribution in [1.82, 2.24) is 4.98 Å². The van der Waals surface area contributed by atoms with Gasteiger partial charge in [0.05, 0.1) is 13.7 Å². The first-order chi connectivity index (χ1) is 9.69. The predicted molar refractivity (Wildman–Crippen MR) is 81.7 cm³/mol. The molecule has 106 valence electrons. The molecule has 1 aliphatic rings. The number of hydrogen-bond donors (Lipinski definition) is 0. The highest BCUT2D eigenvalue weighted by molar-refractivity contribution is 7.15. The van der Waals surface area contributed by atoms with Crippen molar-refractivity contribution >= 4 is 33.8 Å². The van der Waals surface area contributed by atoms with Gasteiger partial charge in [-0.15, -0.1) is 22.7 Å². The lowest BCUT2D eigenvalue weighted by Crippen LogP contribution is -2.24. The number of carbonyl (C=O) groups excluding carboxylic acids is 1. The van der Waals surface area contributed by atoms with Crippen LogP contribution in [0.15, 0.2) is 17.5 Å². The van der Waals surface area contributed by atoms with Crippen LogP contribution >= 0.6 is 22.7 Å². The van der Waals surface area contributed by atoms with Gasteiger partial charge in [0.1, 0.15) is 0 Å². The van der Waals surface area contributed by atoms with Gasteiger partial charge in [0.25, 0.3) is 0 Å². The van der Waals surface area contributed by atoms with E-state index in [1.807, 2.05) is 6.92 Å². The number of thiophene rings is 1. The molecule has 0 spiro atoms. The molecule has 0 N–H and O–H groups in total. The molecular formula is C14H16N2O2S2. The molecule has 0 saturated heterocycles. The van der Waals surface area contributed by atoms with Crippen LogP contribution in [0.1, 0.15) is 33.1 Å². The summed E-state index contributed by atoms with van der Waals surface area (Å²) in [7, 11) is 1.39. The van der Waals surface area contributed by atoms with Gasteiger partial charge in [-0.25, -0.2) is 9.78 Å². The van der Waals surface area contributed by atoms with Crippen LogP contribution in [0.3, 0.4) is 0 Å². The molecule has 4 nitrogen and oxygen atoms in total. The molecule has 1 saturated carbocycles. The lowest BCUT2D eigenvalue weighted by Gasteiger charge is -2.20. The zero-order valence-electron chi connectivity index (χ0n) is 11.5. The molecular weight excluding hydrogens is 292 g/mol. The van der Waals surface area contributed by atoms with Crippen LogP contribution < -0.4 is 4.90 Å². The zero-order chi connectivity index (χ0) is 14.1. The summed E-state index contributed by atoms with van der Waals surface area (Å²) in [4.78, 5) is 20.7. The Morgan fingerprint density at radius 1 is 1.55 bits per heavy atom. The number of carbonyl (C=O) groups is 1. The smallest absolute Gasteiger partial charge is 0.357 e. The van der Waals surface area contributed by atoms with Crippen molar-refractivity contribution in [2.75, 3.05) is 12.0 Å². The molecule has 20 heavy (non-hydrogen) atoms. The number of anilines is 1. The van der Waals surface area contributed by atoms with Crippen LogP contribution in [0.2, 0.25) is 0 Å². The summed E-state index contributed by atoms with van der Waals surface area (Å²) in [5.74, 6) is -0.350. The van der Waals surface area contributed by atoms with Gasteiger partial charge < -0.3 is 9.64 Å². The van der Waals surface area contributed by atoms with E-state index in [1.165, 1.54) is 24.8 Å². The molecule has 0 atom stereocenters. The van der Waals surface area contributed by atoms with Crippen LogP contribution in [0.25, 0.3) is 0 Å². The molecule has 0 bridgehead atoms. The second-order valence-corrected chi connectivity index (χ2v) is 7.05. The van der Waals surface area contributed by atoms with E-state index >= 15 is 0 Å². The Morgan fingerprint density at radius 3 is 2.95 bits per heavy atom. The summed E-state index contributed by atoms with van der Waals surface area (Å²) in [5.41, 5.74) is 0.448. The second kappa shape index (κ2) is 5.54. The van der Waals surface area contributed by atoms with E-state index in [1.54, 1.807) is 22.7 Å². The number of hydrogen-bond acceptors (Lipinski definition) is 6. The lowest BCUT2D eigenvalue weighted by molar-refractivity contribution is 0.0594. The highest BCUT2D eigenvalue weighted by Crippen LogP contribution is 2.37. The van der Waals surface area contributed by atoms with Crippen molar-refractivity contribution in [3.63, 3.8) is 0 Å².